The summed E-state index contributed by atoms with van der Waals surface area (Å²) < 4.78 is 5.22. The van der Waals surface area contributed by atoms with Crippen LogP contribution in [-0.2, 0) is 0 Å². The van der Waals surface area contributed by atoms with E-state index in [1.165, 1.54) is 64.6 Å². The van der Waals surface area contributed by atoms with Crippen LogP contribution >= 0.6 is 24.0 Å². The number of hydrogen-bond acceptors (Lipinski definition) is 4. The first-order valence-electron chi connectivity index (χ1n) is 12.2. The molecule has 0 bridgehead atoms. The van der Waals surface area contributed by atoms with Gasteiger partial charge < -0.3 is 25.3 Å². The van der Waals surface area contributed by atoms with Gasteiger partial charge >= 0.3 is 0 Å². The second kappa shape index (κ2) is 14.8. The van der Waals surface area contributed by atoms with Crippen LogP contribution in [0.3, 0.4) is 0 Å². The van der Waals surface area contributed by atoms with Crippen LogP contribution in [0.5, 0.6) is 0 Å². The minimum atomic E-state index is -0.156. The number of nitrogens with zero attached hydrogens (tertiary/aromatic N) is 2. The largest absolute Gasteiger partial charge is 0.459 e. The summed E-state index contributed by atoms with van der Waals surface area (Å²) in [5.74, 6) is 2.06. The molecule has 1 aromatic heterocycles. The third-order valence-electron chi connectivity index (χ3n) is 6.47. The Morgan fingerprint density at radius 1 is 1.16 bits per heavy atom. The number of aryl methyl sites for hydroxylation is 1. The van der Waals surface area contributed by atoms with E-state index in [2.05, 4.69) is 27.8 Å². The Morgan fingerprint density at radius 3 is 2.56 bits per heavy atom. The highest BCUT2D eigenvalue weighted by Gasteiger charge is 2.23. The lowest BCUT2D eigenvalue weighted by Gasteiger charge is -2.36. The number of furan rings is 1. The molecule has 1 aliphatic carbocycles. The van der Waals surface area contributed by atoms with Gasteiger partial charge in [0.15, 0.2) is 11.7 Å². The molecular formula is C24H42IN5O2. The number of nitrogens with one attached hydrogen (secondary N) is 3. The van der Waals surface area contributed by atoms with Gasteiger partial charge in [-0.15, -0.1) is 24.0 Å². The van der Waals surface area contributed by atoms with Crippen LogP contribution in [0, 0.1) is 12.8 Å². The minimum Gasteiger partial charge on any atom is -0.459 e. The van der Waals surface area contributed by atoms with E-state index < -0.39 is 0 Å². The molecule has 1 saturated heterocycles. The molecule has 32 heavy (non-hydrogen) atoms. The lowest BCUT2D eigenvalue weighted by molar-refractivity contribution is 0.0925. The number of halogens is 1. The Kier molecular flexibility index (Phi) is 12.4. The van der Waals surface area contributed by atoms with E-state index in [1.807, 2.05) is 6.92 Å². The highest BCUT2D eigenvalue weighted by atomic mass is 127. The van der Waals surface area contributed by atoms with Crippen molar-refractivity contribution in [2.45, 2.75) is 71.3 Å². The summed E-state index contributed by atoms with van der Waals surface area (Å²) in [6, 6.07) is 2.29. The zero-order valence-electron chi connectivity index (χ0n) is 19.8. The van der Waals surface area contributed by atoms with Gasteiger partial charge in [-0.25, -0.2) is 0 Å². The maximum absolute atomic E-state index is 12.1. The number of hydrogen-bond donors (Lipinski definition) is 3. The normalized spacial score (nSPS) is 18.8. The predicted molar refractivity (Wildman–Crippen MR) is 141 cm³/mol. The second-order valence-corrected chi connectivity index (χ2v) is 9.03. The molecule has 1 aromatic rings. The summed E-state index contributed by atoms with van der Waals surface area (Å²) in [6.45, 7) is 9.74. The van der Waals surface area contributed by atoms with Gasteiger partial charge in [0.2, 0.25) is 0 Å². The summed E-state index contributed by atoms with van der Waals surface area (Å²) in [5, 5.41) is 9.88. The van der Waals surface area contributed by atoms with E-state index in [1.54, 1.807) is 12.3 Å². The predicted octanol–water partition coefficient (Wildman–Crippen LogP) is 3.93. The number of likely N-dealkylation sites (tertiary alicyclic amines) is 1. The van der Waals surface area contributed by atoms with Crippen molar-refractivity contribution in [2.75, 3.05) is 39.3 Å². The topological polar surface area (TPSA) is 81.9 Å². The molecule has 0 unspecified atom stereocenters. The number of rotatable bonds is 9. The molecular weight excluding hydrogens is 517 g/mol. The monoisotopic (exact) mass is 559 g/mol. The third kappa shape index (κ3) is 8.92. The molecule has 1 amide bonds. The number of aliphatic imine (C=N–C) groups is 1. The Bertz CT molecular complexity index is 694. The van der Waals surface area contributed by atoms with Crippen LogP contribution in [0.25, 0.3) is 0 Å². The molecule has 2 fully saturated rings. The van der Waals surface area contributed by atoms with E-state index in [0.717, 1.165) is 30.4 Å². The number of piperidine rings is 1. The highest BCUT2D eigenvalue weighted by molar-refractivity contribution is 14.0. The number of carbonyl (C=O) groups is 1. The molecule has 3 rings (SSSR count). The quantitative estimate of drug-likeness (QED) is 0.185. The molecule has 0 atom stereocenters. The SMILES string of the molecule is CCNC(=NCCCNC(=O)c1occc1C)NC1CCN(CC2CCCCC2)CC1.I. The van der Waals surface area contributed by atoms with Crippen molar-refractivity contribution in [1.82, 2.24) is 20.9 Å². The number of amides is 1. The van der Waals surface area contributed by atoms with E-state index in [9.17, 15) is 4.79 Å². The maximum atomic E-state index is 12.1. The van der Waals surface area contributed by atoms with Crippen LogP contribution in [0.2, 0.25) is 0 Å². The van der Waals surface area contributed by atoms with Gasteiger partial charge in [-0.3, -0.25) is 9.79 Å². The van der Waals surface area contributed by atoms with Gasteiger partial charge in [0.1, 0.15) is 0 Å². The maximum Gasteiger partial charge on any atom is 0.287 e. The highest BCUT2D eigenvalue weighted by Crippen LogP contribution is 2.25. The van der Waals surface area contributed by atoms with Gasteiger partial charge in [0, 0.05) is 50.9 Å². The summed E-state index contributed by atoms with van der Waals surface area (Å²) in [7, 11) is 0. The average molecular weight is 560 g/mol. The van der Waals surface area contributed by atoms with Crippen LogP contribution < -0.4 is 16.0 Å². The van der Waals surface area contributed by atoms with Crippen molar-refractivity contribution in [2.24, 2.45) is 10.9 Å². The summed E-state index contributed by atoms with van der Waals surface area (Å²) >= 11 is 0. The summed E-state index contributed by atoms with van der Waals surface area (Å²) in [5.41, 5.74) is 0.860. The van der Waals surface area contributed by atoms with Gasteiger partial charge in [-0.2, -0.15) is 0 Å². The molecule has 0 radical (unpaired) electrons. The molecule has 0 spiro atoms. The third-order valence-corrected chi connectivity index (χ3v) is 6.47. The number of guanidine groups is 1. The molecule has 3 N–H and O–H groups in total. The molecule has 2 heterocycles. The minimum absolute atomic E-state index is 0. The molecule has 1 saturated carbocycles. The van der Waals surface area contributed by atoms with Crippen molar-refractivity contribution in [3.8, 4) is 0 Å². The van der Waals surface area contributed by atoms with Gasteiger partial charge in [-0.1, -0.05) is 19.3 Å². The van der Waals surface area contributed by atoms with Crippen molar-refractivity contribution < 1.29 is 9.21 Å². The Hall–Kier alpha value is -1.29. The standard InChI is InChI=1S/C24H41N5O2.HI/c1-3-25-24(27-14-7-13-26-23(30)22-19(2)12-17-31-22)28-21-10-15-29(16-11-21)18-20-8-5-4-6-9-20;/h12,17,20-21H,3-11,13-16,18H2,1-2H3,(H,26,30)(H2,25,27,28);1H. The molecule has 7 nitrogen and oxygen atoms in total. The van der Waals surface area contributed by atoms with Crippen LogP contribution in [0.15, 0.2) is 21.7 Å². The van der Waals surface area contributed by atoms with E-state index >= 15 is 0 Å². The van der Waals surface area contributed by atoms with Gasteiger partial charge in [0.05, 0.1) is 6.26 Å². The van der Waals surface area contributed by atoms with Gasteiger partial charge in [-0.05, 0) is 57.9 Å². The Balaban J connectivity index is 0.00000363. The Morgan fingerprint density at radius 2 is 1.91 bits per heavy atom. The lowest BCUT2D eigenvalue weighted by Crippen LogP contribution is -2.49. The molecule has 2 aliphatic rings. The summed E-state index contributed by atoms with van der Waals surface area (Å²) in [4.78, 5) is 19.4. The smallest absolute Gasteiger partial charge is 0.287 e. The fourth-order valence-electron chi connectivity index (χ4n) is 4.67. The lowest BCUT2D eigenvalue weighted by atomic mass is 9.88. The summed E-state index contributed by atoms with van der Waals surface area (Å²) in [6.07, 6.45) is 11.8. The first-order valence-corrected chi connectivity index (χ1v) is 12.2. The zero-order chi connectivity index (χ0) is 21.9. The molecule has 8 heteroatoms. The van der Waals surface area contributed by atoms with Crippen LogP contribution in [-0.4, -0.2) is 62.1 Å². The van der Waals surface area contributed by atoms with Crippen molar-refractivity contribution in [3.63, 3.8) is 0 Å². The average Bonchev–Trinajstić information content (AvgIpc) is 3.21. The van der Waals surface area contributed by atoms with E-state index in [0.29, 0.717) is 24.9 Å². The number of carbonyl (C=O) groups excluding carboxylic acids is 1. The zero-order valence-corrected chi connectivity index (χ0v) is 22.2. The molecule has 182 valence electrons. The fraction of sp³-hybridized carbons (Fsp3) is 0.750. The van der Waals surface area contributed by atoms with E-state index in [-0.39, 0.29) is 29.9 Å². The van der Waals surface area contributed by atoms with E-state index in [4.69, 9.17) is 9.41 Å². The Labute approximate surface area is 210 Å². The molecule has 0 aromatic carbocycles. The first-order chi connectivity index (χ1) is 15.2. The van der Waals surface area contributed by atoms with Crippen LogP contribution in [0.4, 0.5) is 0 Å². The van der Waals surface area contributed by atoms with Crippen molar-refractivity contribution in [3.05, 3.63) is 23.7 Å². The van der Waals surface area contributed by atoms with Crippen LogP contribution in [0.1, 0.15) is 74.4 Å². The van der Waals surface area contributed by atoms with Crippen molar-refractivity contribution in [1.29, 1.82) is 0 Å². The molecule has 1 aliphatic heterocycles. The second-order valence-electron chi connectivity index (χ2n) is 9.03. The van der Waals surface area contributed by atoms with Crippen molar-refractivity contribution >= 4 is 35.8 Å². The first kappa shape index (κ1) is 27.0. The van der Waals surface area contributed by atoms with Gasteiger partial charge in [0.25, 0.3) is 5.91 Å². The fourth-order valence-corrected chi connectivity index (χ4v) is 4.67.